The number of Topliss-reactive ketones (excluding diaryl/α,β-unsaturated/α-hetero) is 1. The van der Waals surface area contributed by atoms with Crippen molar-refractivity contribution in [1.29, 1.82) is 0 Å². The Morgan fingerprint density at radius 2 is 1.65 bits per heavy atom. The fourth-order valence-electron chi connectivity index (χ4n) is 4.29. The molecule has 0 radical (unpaired) electrons. The number of benzene rings is 3. The van der Waals surface area contributed by atoms with Gasteiger partial charge in [-0.15, -0.1) is 0 Å². The lowest BCUT2D eigenvalue weighted by molar-refractivity contribution is -0.116. The van der Waals surface area contributed by atoms with E-state index in [1.165, 1.54) is 0 Å². The summed E-state index contributed by atoms with van der Waals surface area (Å²) in [6.45, 7) is 0. The summed E-state index contributed by atoms with van der Waals surface area (Å²) in [6, 6.07) is 22.7. The standard InChI is InChI=1S/C26H21BrN2O2/c27-19-12-9-16(10-13-19)25-24-21(7-4-8-23(24)30)28-22-15-18(11-14-20(22)29-25)26(31)17-5-2-1-3-6-17/h1-3,5-6,9-15,25,28-29H,4,7-8H2/t25-/m1/s1. The fraction of sp³-hybridized carbons (Fsp3) is 0.154. The van der Waals surface area contributed by atoms with Crippen LogP contribution < -0.4 is 10.6 Å². The van der Waals surface area contributed by atoms with Crippen LogP contribution in [0.4, 0.5) is 11.4 Å². The van der Waals surface area contributed by atoms with Gasteiger partial charge in [0, 0.05) is 33.3 Å². The van der Waals surface area contributed by atoms with Crippen LogP contribution in [0.3, 0.4) is 0 Å². The van der Waals surface area contributed by atoms with E-state index in [0.29, 0.717) is 17.5 Å². The molecule has 0 fully saturated rings. The molecule has 0 unspecified atom stereocenters. The van der Waals surface area contributed by atoms with Gasteiger partial charge in [0.25, 0.3) is 0 Å². The third-order valence-corrected chi connectivity index (χ3v) is 6.38. The van der Waals surface area contributed by atoms with Crippen LogP contribution in [0, 0.1) is 0 Å². The van der Waals surface area contributed by atoms with Crippen molar-refractivity contribution in [3.63, 3.8) is 0 Å². The Bertz CT molecular complexity index is 1200. The van der Waals surface area contributed by atoms with Gasteiger partial charge in [0.15, 0.2) is 11.6 Å². The molecule has 5 heteroatoms. The highest BCUT2D eigenvalue weighted by atomic mass is 79.9. The van der Waals surface area contributed by atoms with Crippen molar-refractivity contribution < 1.29 is 9.59 Å². The van der Waals surface area contributed by atoms with Gasteiger partial charge in [-0.2, -0.15) is 0 Å². The van der Waals surface area contributed by atoms with Gasteiger partial charge in [-0.3, -0.25) is 9.59 Å². The van der Waals surface area contributed by atoms with Crippen LogP contribution in [0.15, 0.2) is 88.5 Å². The van der Waals surface area contributed by atoms with Gasteiger partial charge in [0.05, 0.1) is 17.4 Å². The third kappa shape index (κ3) is 3.81. The Hall–Kier alpha value is -3.18. The number of halogens is 1. The number of hydrogen-bond donors (Lipinski definition) is 2. The molecular weight excluding hydrogens is 452 g/mol. The summed E-state index contributed by atoms with van der Waals surface area (Å²) in [5.41, 5.74) is 5.74. The quantitative estimate of drug-likeness (QED) is 0.441. The zero-order valence-electron chi connectivity index (χ0n) is 16.8. The maximum Gasteiger partial charge on any atom is 0.193 e. The number of fused-ring (bicyclic) bond motifs is 1. The normalized spacial score (nSPS) is 17.7. The van der Waals surface area contributed by atoms with Crippen LogP contribution in [0.25, 0.3) is 0 Å². The van der Waals surface area contributed by atoms with E-state index in [4.69, 9.17) is 0 Å². The lowest BCUT2D eigenvalue weighted by atomic mass is 9.87. The Morgan fingerprint density at radius 3 is 2.42 bits per heavy atom. The molecule has 2 aliphatic rings. The van der Waals surface area contributed by atoms with Crippen LogP contribution in [0.2, 0.25) is 0 Å². The second-order valence-electron chi connectivity index (χ2n) is 7.88. The maximum absolute atomic E-state index is 13.0. The smallest absolute Gasteiger partial charge is 0.193 e. The van der Waals surface area contributed by atoms with Gasteiger partial charge >= 0.3 is 0 Å². The van der Waals surface area contributed by atoms with Crippen molar-refractivity contribution in [1.82, 2.24) is 0 Å². The molecule has 0 saturated carbocycles. The molecule has 0 bridgehead atoms. The van der Waals surface area contributed by atoms with Crippen LogP contribution >= 0.6 is 15.9 Å². The molecule has 0 aromatic heterocycles. The first-order valence-corrected chi connectivity index (χ1v) is 11.2. The van der Waals surface area contributed by atoms with E-state index in [-0.39, 0.29) is 17.6 Å². The van der Waals surface area contributed by atoms with E-state index < -0.39 is 0 Å². The fourth-order valence-corrected chi connectivity index (χ4v) is 4.56. The molecular formula is C26H21BrN2O2. The summed E-state index contributed by atoms with van der Waals surface area (Å²) >= 11 is 3.49. The van der Waals surface area contributed by atoms with E-state index in [1.54, 1.807) is 0 Å². The first kappa shape index (κ1) is 19.8. The average Bonchev–Trinajstić information content (AvgIpc) is 2.96. The zero-order valence-corrected chi connectivity index (χ0v) is 18.4. The summed E-state index contributed by atoms with van der Waals surface area (Å²) < 4.78 is 0.997. The number of rotatable bonds is 3. The number of anilines is 2. The molecule has 0 saturated heterocycles. The van der Waals surface area contributed by atoms with Gasteiger partial charge in [-0.1, -0.05) is 58.4 Å². The third-order valence-electron chi connectivity index (χ3n) is 5.85. The number of nitrogens with one attached hydrogen (secondary N) is 2. The van der Waals surface area contributed by atoms with Crippen molar-refractivity contribution in [2.75, 3.05) is 10.6 Å². The molecule has 5 rings (SSSR count). The predicted molar refractivity (Wildman–Crippen MR) is 126 cm³/mol. The molecule has 1 aliphatic carbocycles. The number of carbonyl (C=O) groups is 2. The van der Waals surface area contributed by atoms with Crippen molar-refractivity contribution >= 4 is 38.9 Å². The summed E-state index contributed by atoms with van der Waals surface area (Å²) in [7, 11) is 0. The Balaban J connectivity index is 1.58. The predicted octanol–water partition coefficient (Wildman–Crippen LogP) is 6.27. The lowest BCUT2D eigenvalue weighted by Gasteiger charge is -2.25. The minimum atomic E-state index is -0.236. The van der Waals surface area contributed by atoms with Gasteiger partial charge in [-0.05, 0) is 48.7 Å². The van der Waals surface area contributed by atoms with Crippen molar-refractivity contribution in [2.24, 2.45) is 0 Å². The summed E-state index contributed by atoms with van der Waals surface area (Å²) in [4.78, 5) is 25.9. The Labute approximate surface area is 189 Å². The monoisotopic (exact) mass is 472 g/mol. The molecule has 154 valence electrons. The first-order valence-electron chi connectivity index (χ1n) is 10.4. The molecule has 0 spiro atoms. The molecule has 3 aromatic rings. The second-order valence-corrected chi connectivity index (χ2v) is 8.79. The minimum absolute atomic E-state index is 0.0205. The van der Waals surface area contributed by atoms with E-state index in [2.05, 4.69) is 26.6 Å². The molecule has 0 amide bonds. The van der Waals surface area contributed by atoms with Gasteiger partial charge in [0.2, 0.25) is 0 Å². The number of hydrogen-bond acceptors (Lipinski definition) is 4. The molecule has 1 aliphatic heterocycles. The lowest BCUT2D eigenvalue weighted by Crippen LogP contribution is -2.23. The molecule has 31 heavy (non-hydrogen) atoms. The largest absolute Gasteiger partial charge is 0.372 e. The molecule has 1 atom stereocenters. The van der Waals surface area contributed by atoms with E-state index in [0.717, 1.165) is 45.5 Å². The highest BCUT2D eigenvalue weighted by Crippen LogP contribution is 2.41. The van der Waals surface area contributed by atoms with Crippen LogP contribution in [0.5, 0.6) is 0 Å². The van der Waals surface area contributed by atoms with Gasteiger partial charge in [0.1, 0.15) is 0 Å². The number of ketones is 2. The van der Waals surface area contributed by atoms with Crippen molar-refractivity contribution in [2.45, 2.75) is 25.3 Å². The molecule has 4 nitrogen and oxygen atoms in total. The van der Waals surface area contributed by atoms with Crippen molar-refractivity contribution in [3.05, 3.63) is 105 Å². The first-order chi connectivity index (χ1) is 15.1. The van der Waals surface area contributed by atoms with Crippen molar-refractivity contribution in [3.8, 4) is 0 Å². The van der Waals surface area contributed by atoms with Gasteiger partial charge in [-0.25, -0.2) is 0 Å². The number of carbonyl (C=O) groups excluding carboxylic acids is 2. The highest BCUT2D eigenvalue weighted by molar-refractivity contribution is 9.10. The van der Waals surface area contributed by atoms with Crippen LogP contribution in [0.1, 0.15) is 46.8 Å². The van der Waals surface area contributed by atoms with E-state index >= 15 is 0 Å². The molecule has 2 N–H and O–H groups in total. The van der Waals surface area contributed by atoms with E-state index in [1.807, 2.05) is 72.8 Å². The second kappa shape index (κ2) is 8.16. The highest BCUT2D eigenvalue weighted by Gasteiger charge is 2.32. The SMILES string of the molecule is O=C1CCCC2=C1[C@@H](c1ccc(Br)cc1)Nc1ccc(C(=O)c3ccccc3)cc1N2. The summed E-state index contributed by atoms with van der Waals surface area (Å²) in [5, 5.41) is 7.05. The Morgan fingerprint density at radius 1 is 0.871 bits per heavy atom. The number of allylic oxidation sites excluding steroid dienone is 1. The van der Waals surface area contributed by atoms with Crippen LogP contribution in [-0.4, -0.2) is 11.6 Å². The molecule has 1 heterocycles. The Kier molecular flexibility index (Phi) is 5.20. The summed E-state index contributed by atoms with van der Waals surface area (Å²) in [6.07, 6.45) is 2.20. The topological polar surface area (TPSA) is 58.2 Å². The van der Waals surface area contributed by atoms with Crippen LogP contribution in [-0.2, 0) is 4.79 Å². The van der Waals surface area contributed by atoms with E-state index in [9.17, 15) is 9.59 Å². The summed E-state index contributed by atoms with van der Waals surface area (Å²) in [5.74, 6) is 0.149. The minimum Gasteiger partial charge on any atom is -0.372 e. The average molecular weight is 473 g/mol. The maximum atomic E-state index is 13.0. The zero-order chi connectivity index (χ0) is 21.4. The van der Waals surface area contributed by atoms with Gasteiger partial charge < -0.3 is 10.6 Å². The molecule has 3 aromatic carbocycles.